The Morgan fingerprint density at radius 1 is 1.24 bits per heavy atom. The van der Waals surface area contributed by atoms with Crippen LogP contribution in [0.5, 0.6) is 5.88 Å². The molecule has 0 aromatic carbocycles. The number of hydrogen-bond donors (Lipinski definition) is 1. The van der Waals surface area contributed by atoms with Gasteiger partial charge in [0, 0.05) is 24.7 Å². The zero-order valence-electron chi connectivity index (χ0n) is 10.1. The summed E-state index contributed by atoms with van der Waals surface area (Å²) in [5.74, 6) is 1.57. The number of nitrogens with zero attached hydrogens (tertiary/aromatic N) is 3. The fourth-order valence-corrected chi connectivity index (χ4v) is 2.46. The molecule has 92 valence electrons. The van der Waals surface area contributed by atoms with E-state index in [1.54, 1.807) is 7.11 Å². The third kappa shape index (κ3) is 2.20. The lowest BCUT2D eigenvalue weighted by Gasteiger charge is -2.29. The second-order valence-electron chi connectivity index (χ2n) is 4.72. The maximum atomic E-state index is 5.05. The largest absolute Gasteiger partial charge is 0.480 e. The van der Waals surface area contributed by atoms with Crippen LogP contribution in [0, 0.1) is 0 Å². The Labute approximate surface area is 101 Å². The van der Waals surface area contributed by atoms with Crippen LogP contribution in [-0.2, 0) is 0 Å². The molecule has 5 nitrogen and oxygen atoms in total. The second kappa shape index (κ2) is 4.49. The van der Waals surface area contributed by atoms with E-state index in [0.717, 1.165) is 18.9 Å². The smallest absolute Gasteiger partial charge is 0.233 e. The predicted octanol–water partition coefficient (Wildman–Crippen LogP) is 0.816. The first-order chi connectivity index (χ1) is 8.38. The normalized spacial score (nSPS) is 23.7. The number of methoxy groups -OCH3 is 1. The van der Waals surface area contributed by atoms with Gasteiger partial charge in [0.05, 0.1) is 7.11 Å². The summed E-state index contributed by atoms with van der Waals surface area (Å²) in [7, 11) is 1.61. The van der Waals surface area contributed by atoms with Crippen molar-refractivity contribution in [3.05, 3.63) is 12.1 Å². The molecular weight excluding hydrogens is 216 g/mol. The Bertz CT molecular complexity index is 371. The molecule has 1 saturated heterocycles. The molecule has 1 aliphatic heterocycles. The number of ether oxygens (including phenoxy) is 1. The highest BCUT2D eigenvalue weighted by Crippen LogP contribution is 2.33. The summed E-state index contributed by atoms with van der Waals surface area (Å²) >= 11 is 0. The Hall–Kier alpha value is -1.36. The average Bonchev–Trinajstić information content (AvgIpc) is 3.05. The van der Waals surface area contributed by atoms with E-state index >= 15 is 0 Å². The molecule has 1 aromatic rings. The lowest BCUT2D eigenvalue weighted by atomic mass is 10.2. The van der Waals surface area contributed by atoms with Crippen molar-refractivity contribution in [3.63, 3.8) is 0 Å². The third-order valence-corrected chi connectivity index (χ3v) is 3.47. The summed E-state index contributed by atoms with van der Waals surface area (Å²) in [6.07, 6.45) is 3.76. The van der Waals surface area contributed by atoms with E-state index in [1.807, 2.05) is 12.1 Å². The van der Waals surface area contributed by atoms with Crippen LogP contribution in [0.15, 0.2) is 12.1 Å². The van der Waals surface area contributed by atoms with E-state index in [2.05, 4.69) is 20.4 Å². The van der Waals surface area contributed by atoms with Crippen molar-refractivity contribution in [2.24, 2.45) is 0 Å². The van der Waals surface area contributed by atoms with Gasteiger partial charge in [-0.3, -0.25) is 0 Å². The number of nitrogens with one attached hydrogen (secondary N) is 1. The molecule has 0 radical (unpaired) electrons. The predicted molar refractivity (Wildman–Crippen MR) is 65.4 cm³/mol. The average molecular weight is 234 g/mol. The van der Waals surface area contributed by atoms with Gasteiger partial charge in [-0.05, 0) is 31.9 Å². The lowest BCUT2D eigenvalue weighted by Crippen LogP contribution is -2.39. The molecule has 2 fully saturated rings. The van der Waals surface area contributed by atoms with Crippen LogP contribution in [0.3, 0.4) is 0 Å². The molecule has 17 heavy (non-hydrogen) atoms. The van der Waals surface area contributed by atoms with Gasteiger partial charge in [0.1, 0.15) is 0 Å². The molecule has 0 amide bonds. The first-order valence-electron chi connectivity index (χ1n) is 6.25. The molecule has 1 N–H and O–H groups in total. The van der Waals surface area contributed by atoms with Gasteiger partial charge in [0.2, 0.25) is 5.88 Å². The number of aromatic nitrogens is 2. The molecule has 5 heteroatoms. The zero-order valence-corrected chi connectivity index (χ0v) is 10.1. The molecule has 0 bridgehead atoms. The summed E-state index contributed by atoms with van der Waals surface area (Å²) in [5.41, 5.74) is 0. The fourth-order valence-electron chi connectivity index (χ4n) is 2.46. The van der Waals surface area contributed by atoms with E-state index in [9.17, 15) is 0 Å². The molecule has 1 atom stereocenters. The SMILES string of the molecule is COc1ccc(N(C2CC2)C2CCNC2)nn1. The first-order valence-corrected chi connectivity index (χ1v) is 6.25. The minimum Gasteiger partial charge on any atom is -0.480 e. The van der Waals surface area contributed by atoms with E-state index in [1.165, 1.54) is 19.3 Å². The maximum Gasteiger partial charge on any atom is 0.233 e. The van der Waals surface area contributed by atoms with Crippen molar-refractivity contribution in [1.29, 1.82) is 0 Å². The van der Waals surface area contributed by atoms with Crippen LogP contribution in [0.25, 0.3) is 0 Å². The quantitative estimate of drug-likeness (QED) is 0.835. The van der Waals surface area contributed by atoms with E-state index in [4.69, 9.17) is 4.74 Å². The summed E-state index contributed by atoms with van der Waals surface area (Å²) in [4.78, 5) is 2.44. The highest BCUT2D eigenvalue weighted by atomic mass is 16.5. The molecule has 1 unspecified atom stereocenters. The Kier molecular flexibility index (Phi) is 2.84. The molecule has 0 spiro atoms. The second-order valence-corrected chi connectivity index (χ2v) is 4.72. The summed E-state index contributed by atoms with van der Waals surface area (Å²) in [6.45, 7) is 2.17. The molecule has 1 aliphatic carbocycles. The van der Waals surface area contributed by atoms with Gasteiger partial charge in [-0.15, -0.1) is 10.2 Å². The van der Waals surface area contributed by atoms with Crippen molar-refractivity contribution in [1.82, 2.24) is 15.5 Å². The maximum absolute atomic E-state index is 5.05. The van der Waals surface area contributed by atoms with Crippen LogP contribution in [0.4, 0.5) is 5.82 Å². The minimum absolute atomic E-state index is 0.574. The van der Waals surface area contributed by atoms with Gasteiger partial charge in [-0.1, -0.05) is 0 Å². The lowest BCUT2D eigenvalue weighted by molar-refractivity contribution is 0.391. The molecule has 2 aliphatic rings. The van der Waals surface area contributed by atoms with Crippen LogP contribution >= 0.6 is 0 Å². The number of anilines is 1. The standard InChI is InChI=1S/C12H18N4O/c1-17-12-5-4-11(14-15-12)16(9-2-3-9)10-6-7-13-8-10/h4-5,9-10,13H,2-3,6-8H2,1H3. The van der Waals surface area contributed by atoms with E-state index < -0.39 is 0 Å². The van der Waals surface area contributed by atoms with Crippen LogP contribution in [0.2, 0.25) is 0 Å². The van der Waals surface area contributed by atoms with Crippen molar-refractivity contribution >= 4 is 5.82 Å². The van der Waals surface area contributed by atoms with Crippen molar-refractivity contribution in [3.8, 4) is 5.88 Å². The Morgan fingerprint density at radius 2 is 2.12 bits per heavy atom. The Balaban J connectivity index is 1.81. The van der Waals surface area contributed by atoms with Gasteiger partial charge in [-0.25, -0.2) is 0 Å². The molecule has 3 rings (SSSR count). The van der Waals surface area contributed by atoms with Crippen LogP contribution in [-0.4, -0.2) is 42.5 Å². The summed E-state index contributed by atoms with van der Waals surface area (Å²) < 4.78 is 5.05. The van der Waals surface area contributed by atoms with E-state index in [-0.39, 0.29) is 0 Å². The zero-order chi connectivity index (χ0) is 11.7. The van der Waals surface area contributed by atoms with Gasteiger partial charge < -0.3 is 15.0 Å². The Morgan fingerprint density at radius 3 is 2.65 bits per heavy atom. The topological polar surface area (TPSA) is 50.3 Å². The van der Waals surface area contributed by atoms with Crippen LogP contribution < -0.4 is 15.0 Å². The van der Waals surface area contributed by atoms with Crippen molar-refractivity contribution in [2.75, 3.05) is 25.1 Å². The summed E-state index contributed by atoms with van der Waals surface area (Å²) in [6, 6.07) is 5.15. The van der Waals surface area contributed by atoms with Gasteiger partial charge in [0.25, 0.3) is 0 Å². The monoisotopic (exact) mass is 234 g/mol. The highest BCUT2D eigenvalue weighted by molar-refractivity contribution is 5.43. The number of hydrogen-bond acceptors (Lipinski definition) is 5. The van der Waals surface area contributed by atoms with Crippen LogP contribution in [0.1, 0.15) is 19.3 Å². The first kappa shape index (κ1) is 10.8. The fraction of sp³-hybridized carbons (Fsp3) is 0.667. The van der Waals surface area contributed by atoms with Crippen molar-refractivity contribution < 1.29 is 4.74 Å². The van der Waals surface area contributed by atoms with E-state index in [0.29, 0.717) is 18.0 Å². The van der Waals surface area contributed by atoms with Gasteiger partial charge in [0.15, 0.2) is 5.82 Å². The minimum atomic E-state index is 0.574. The molecule has 1 aromatic heterocycles. The van der Waals surface area contributed by atoms with Gasteiger partial charge in [-0.2, -0.15) is 0 Å². The van der Waals surface area contributed by atoms with Gasteiger partial charge >= 0.3 is 0 Å². The number of rotatable bonds is 4. The summed E-state index contributed by atoms with van der Waals surface area (Å²) in [5, 5.41) is 11.8. The van der Waals surface area contributed by atoms with Crippen molar-refractivity contribution in [2.45, 2.75) is 31.3 Å². The third-order valence-electron chi connectivity index (χ3n) is 3.47. The highest BCUT2D eigenvalue weighted by Gasteiger charge is 2.36. The molecule has 2 heterocycles. The molecular formula is C12H18N4O. The molecule has 1 saturated carbocycles.